The largest absolute Gasteiger partial charge is 0.0625 e. The fraction of sp³-hybridized carbons (Fsp3) is 0.551. The molecule has 0 fully saturated rings. The molecule has 0 bridgehead atoms. The van der Waals surface area contributed by atoms with Gasteiger partial charge in [0.25, 0.3) is 0 Å². The van der Waals surface area contributed by atoms with Gasteiger partial charge in [0.2, 0.25) is 0 Å². The van der Waals surface area contributed by atoms with Gasteiger partial charge >= 0.3 is 0 Å². The average molecular weight is 1450 g/mol. The summed E-state index contributed by atoms with van der Waals surface area (Å²) in [4.78, 5) is 0. The Bertz CT molecular complexity index is 3550. The summed E-state index contributed by atoms with van der Waals surface area (Å²) in [5.74, 6) is 9.06. The summed E-state index contributed by atoms with van der Waals surface area (Å²) in [5, 5.41) is 0. The van der Waals surface area contributed by atoms with Crippen molar-refractivity contribution >= 4 is 0 Å². The highest BCUT2D eigenvalue weighted by Crippen LogP contribution is 2.36. The summed E-state index contributed by atoms with van der Waals surface area (Å²) in [7, 11) is 0. The first-order chi connectivity index (χ1) is 49.3. The zero-order valence-corrected chi connectivity index (χ0v) is 77.4. The quantitative estimate of drug-likeness (QED) is 0.0904. The van der Waals surface area contributed by atoms with Crippen molar-refractivity contribution in [3.8, 4) is 0 Å². The van der Waals surface area contributed by atoms with Crippen LogP contribution in [0.15, 0.2) is 152 Å². The van der Waals surface area contributed by atoms with E-state index in [9.17, 15) is 0 Å². The molecule has 0 saturated carbocycles. The molecule has 0 N–H and O–H groups in total. The summed E-state index contributed by atoms with van der Waals surface area (Å²) in [6.07, 6.45) is 2.42. The molecule has 0 heteroatoms. The Hall–Kier alpha value is -6.24. The van der Waals surface area contributed by atoms with E-state index >= 15 is 0 Å². The molecule has 0 aliphatic rings. The van der Waals surface area contributed by atoms with Gasteiger partial charge in [-0.1, -0.05) is 420 Å². The molecule has 0 spiro atoms. The number of benzene rings is 8. The molecule has 0 unspecified atom stereocenters. The second-order valence-electron chi connectivity index (χ2n) is 38.3. The first-order valence-corrected chi connectivity index (χ1v) is 42.1. The lowest BCUT2D eigenvalue weighted by molar-refractivity contribution is 0.565. The van der Waals surface area contributed by atoms with Crippen LogP contribution in [0, 0.1) is 60.3 Å². The van der Waals surface area contributed by atoms with E-state index in [0.29, 0.717) is 71.0 Å². The van der Waals surface area contributed by atoms with E-state index in [1.54, 1.807) is 22.3 Å². The molecule has 594 valence electrons. The van der Waals surface area contributed by atoms with Crippen LogP contribution in [0.5, 0.6) is 0 Å². The molecule has 0 aliphatic carbocycles. The Morgan fingerprint density at radius 3 is 0.757 bits per heavy atom. The van der Waals surface area contributed by atoms with Crippen molar-refractivity contribution in [3.05, 3.63) is 280 Å². The summed E-state index contributed by atoms with van der Waals surface area (Å²) in [6.45, 7) is 92.3. The molecule has 8 aromatic carbocycles. The molecule has 107 heavy (non-hydrogen) atoms. The van der Waals surface area contributed by atoms with Crippen LogP contribution in [0.4, 0.5) is 0 Å². The van der Waals surface area contributed by atoms with Crippen molar-refractivity contribution in [1.82, 2.24) is 0 Å². The SMILES string of the molecule is CC(C)Cc1cccc(CC(C)C)c1C(C)C.CC(C)c1cc(C(C)(C)C)cc(C(C)(C)C)c1.CC(C)c1cc(C(C)C)cc(C(C)C)c1.CC(C)c1cccc(C(C)C)c1C(C)C.Cc1cc(C)cc(C(C)C)c1.Cc1cc(C)cc(C(C)C)c1.Cc1ccc(C(C)C)cc1.Cc1ccc(C)c(C(C)C)c1. The topological polar surface area (TPSA) is 0 Å². The summed E-state index contributed by atoms with van der Waals surface area (Å²) in [6, 6.07) is 56.7. The van der Waals surface area contributed by atoms with Gasteiger partial charge in [-0.2, -0.15) is 0 Å². The highest BCUT2D eigenvalue weighted by atomic mass is 14.3. The van der Waals surface area contributed by atoms with E-state index < -0.39 is 0 Å². The number of hydrogen-bond acceptors (Lipinski definition) is 0. The lowest BCUT2D eigenvalue weighted by atomic mass is 9.78. The summed E-state index contributed by atoms with van der Waals surface area (Å²) >= 11 is 0. The van der Waals surface area contributed by atoms with Gasteiger partial charge in [-0.15, -0.1) is 0 Å². The first-order valence-electron chi connectivity index (χ1n) is 42.1. The molecule has 0 radical (unpaired) electrons. The minimum atomic E-state index is 0.227. The minimum Gasteiger partial charge on any atom is -0.0625 e. The van der Waals surface area contributed by atoms with Gasteiger partial charge < -0.3 is 0 Å². The molecule has 0 amide bonds. The monoisotopic (exact) mass is 1450 g/mol. The molecule has 8 rings (SSSR count). The van der Waals surface area contributed by atoms with Crippen molar-refractivity contribution in [3.63, 3.8) is 0 Å². The highest BCUT2D eigenvalue weighted by molar-refractivity contribution is 5.43. The predicted molar refractivity (Wildman–Crippen MR) is 488 cm³/mol. The fourth-order valence-electron chi connectivity index (χ4n) is 13.5. The third-order valence-electron chi connectivity index (χ3n) is 20.1. The lowest BCUT2D eigenvalue weighted by Crippen LogP contribution is -2.17. The number of aryl methyl sites for hydroxylation is 7. The third kappa shape index (κ3) is 36.9. The predicted octanol–water partition coefficient (Wildman–Crippen LogP) is 34.1. The average Bonchev–Trinajstić information content (AvgIpc) is 0.813. The molecule has 0 nitrogen and oxygen atoms in total. The standard InChI is InChI=1S/2C17H28.2C15H24.3C11H16.C10H14/c1-12(2)13-9-14(16(3,4)5)11-15(10-13)17(6,7)8;1-12(2)10-15-8-7-9-16(11-13(3)4)17(15)14(5)6;1-10(2)13-7-14(11(3)4)9-15(8-13)12(5)6;1-10(2)13-8-7-9-14(11(3)4)15(13)12(5)6;2*1-8(2)11-6-9(3)5-10(4)7-11;1-8(2)11-7-9(3)5-6-10(11)4;1-8(2)10-6-4-9(3)5-7-10/h9-12H,1-8H3;7-9,12-14H,10-11H2,1-6H3;2*7-12H,1-6H3;3*5-8H,1-4H3;4-8H,1-3H3. The van der Waals surface area contributed by atoms with Gasteiger partial charge in [0.15, 0.2) is 0 Å². The van der Waals surface area contributed by atoms with Crippen LogP contribution in [-0.4, -0.2) is 0 Å². The van der Waals surface area contributed by atoms with Crippen LogP contribution in [0.3, 0.4) is 0 Å². The Morgan fingerprint density at radius 2 is 0.495 bits per heavy atom. The molecule has 0 saturated heterocycles. The van der Waals surface area contributed by atoms with Gasteiger partial charge in [-0.3, -0.25) is 0 Å². The normalized spacial score (nSPS) is 11.5. The Kier molecular flexibility index (Phi) is 43.5. The van der Waals surface area contributed by atoms with Gasteiger partial charge in [0, 0.05) is 0 Å². The van der Waals surface area contributed by atoms with Crippen LogP contribution in [-0.2, 0) is 23.7 Å². The second-order valence-corrected chi connectivity index (χ2v) is 38.3. The van der Waals surface area contributed by atoms with Crippen molar-refractivity contribution in [2.45, 2.75) is 379 Å². The maximum Gasteiger partial charge on any atom is -0.0132 e. The van der Waals surface area contributed by atoms with Crippen molar-refractivity contribution in [2.24, 2.45) is 11.8 Å². The zero-order chi connectivity index (χ0) is 82.5. The van der Waals surface area contributed by atoms with Gasteiger partial charge in [0.1, 0.15) is 0 Å². The van der Waals surface area contributed by atoms with E-state index in [2.05, 4.69) is 436 Å². The van der Waals surface area contributed by atoms with E-state index in [-0.39, 0.29) is 10.8 Å². The van der Waals surface area contributed by atoms with Crippen molar-refractivity contribution in [1.29, 1.82) is 0 Å². The van der Waals surface area contributed by atoms with Crippen LogP contribution in [0.1, 0.15) is 434 Å². The van der Waals surface area contributed by atoms with Gasteiger partial charge in [0.05, 0.1) is 0 Å². The summed E-state index contributed by atoms with van der Waals surface area (Å²) in [5.41, 5.74) is 34.0. The van der Waals surface area contributed by atoms with Crippen LogP contribution >= 0.6 is 0 Å². The molecule has 0 aliphatic heterocycles. The third-order valence-corrected chi connectivity index (χ3v) is 20.1. The molecule has 0 aromatic heterocycles. The molecular weight excluding hydrogens is 1290 g/mol. The van der Waals surface area contributed by atoms with E-state index in [4.69, 9.17) is 0 Å². The number of hydrogen-bond donors (Lipinski definition) is 0. The van der Waals surface area contributed by atoms with Crippen molar-refractivity contribution < 1.29 is 0 Å². The first kappa shape index (κ1) is 98.8. The zero-order valence-electron chi connectivity index (χ0n) is 77.4. The van der Waals surface area contributed by atoms with E-state index in [1.807, 2.05) is 0 Å². The second kappa shape index (κ2) is 47.1. The smallest absolute Gasteiger partial charge is 0.0132 e. The summed E-state index contributed by atoms with van der Waals surface area (Å²) < 4.78 is 0. The maximum absolute atomic E-state index is 2.38. The van der Waals surface area contributed by atoms with E-state index in [0.717, 1.165) is 11.8 Å². The van der Waals surface area contributed by atoms with Crippen LogP contribution in [0.25, 0.3) is 0 Å². The minimum absolute atomic E-state index is 0.227. The fourth-order valence-corrected chi connectivity index (χ4v) is 13.5. The Balaban J connectivity index is 0.000000616. The van der Waals surface area contributed by atoms with E-state index in [1.165, 1.54) is 119 Å². The van der Waals surface area contributed by atoms with Crippen LogP contribution < -0.4 is 0 Å². The molecule has 0 heterocycles. The van der Waals surface area contributed by atoms with Gasteiger partial charge in [-0.05, 0) is 250 Å². The van der Waals surface area contributed by atoms with Gasteiger partial charge in [-0.25, -0.2) is 0 Å². The Morgan fingerprint density at radius 1 is 0.215 bits per heavy atom. The highest BCUT2D eigenvalue weighted by Gasteiger charge is 2.22. The lowest BCUT2D eigenvalue weighted by Gasteiger charge is -2.27. The Labute approximate surface area is 665 Å². The molecule has 8 aromatic rings. The van der Waals surface area contributed by atoms with Crippen molar-refractivity contribution in [2.75, 3.05) is 0 Å². The van der Waals surface area contributed by atoms with Crippen LogP contribution in [0.2, 0.25) is 0 Å². The number of rotatable bonds is 16. The molecule has 0 atom stereocenters. The molecular formula is C107H166. The maximum atomic E-state index is 2.38.